The molecule has 2 rings (SSSR count). The Bertz CT molecular complexity index is 367. The Balaban J connectivity index is 1.99. The van der Waals surface area contributed by atoms with E-state index in [1.54, 1.807) is 0 Å². The molecule has 2 atom stereocenters. The standard InChI is InChI=1S/C13H23N3OS/c1-9(2)18-8-12-15-13(17-16-12)10-6-4-3-5-7-11(10)14/h9-11H,3-8,14H2,1-2H3. The van der Waals surface area contributed by atoms with Crippen molar-refractivity contribution in [1.82, 2.24) is 10.1 Å². The fraction of sp³-hybridized carbons (Fsp3) is 0.846. The number of aromatic nitrogens is 2. The van der Waals surface area contributed by atoms with Crippen LogP contribution in [0.15, 0.2) is 4.52 Å². The molecular weight excluding hydrogens is 246 g/mol. The molecule has 5 heteroatoms. The Kier molecular flexibility index (Phi) is 5.06. The maximum absolute atomic E-state index is 6.21. The highest BCUT2D eigenvalue weighted by Gasteiger charge is 2.27. The molecule has 0 bridgehead atoms. The number of hydrogen-bond donors (Lipinski definition) is 1. The van der Waals surface area contributed by atoms with Crippen LogP contribution in [0.2, 0.25) is 0 Å². The highest BCUT2D eigenvalue weighted by Crippen LogP contribution is 2.30. The predicted molar refractivity (Wildman–Crippen MR) is 74.5 cm³/mol. The minimum atomic E-state index is 0.179. The first kappa shape index (κ1) is 13.9. The highest BCUT2D eigenvalue weighted by atomic mass is 32.2. The van der Waals surface area contributed by atoms with Gasteiger partial charge in [0.2, 0.25) is 5.89 Å². The minimum Gasteiger partial charge on any atom is -0.339 e. The molecule has 18 heavy (non-hydrogen) atoms. The second kappa shape index (κ2) is 6.57. The van der Waals surface area contributed by atoms with Crippen molar-refractivity contribution in [3.8, 4) is 0 Å². The number of hydrogen-bond acceptors (Lipinski definition) is 5. The molecule has 1 saturated carbocycles. The van der Waals surface area contributed by atoms with Gasteiger partial charge in [0.05, 0.1) is 11.7 Å². The van der Waals surface area contributed by atoms with Crippen LogP contribution in [-0.4, -0.2) is 21.4 Å². The Morgan fingerprint density at radius 2 is 2.11 bits per heavy atom. The van der Waals surface area contributed by atoms with Crippen LogP contribution in [-0.2, 0) is 5.75 Å². The van der Waals surface area contributed by atoms with Crippen molar-refractivity contribution in [3.63, 3.8) is 0 Å². The van der Waals surface area contributed by atoms with Gasteiger partial charge in [0.1, 0.15) is 0 Å². The van der Waals surface area contributed by atoms with Crippen LogP contribution in [0.4, 0.5) is 0 Å². The van der Waals surface area contributed by atoms with Gasteiger partial charge in [-0.2, -0.15) is 16.7 Å². The van der Waals surface area contributed by atoms with Crippen LogP contribution in [0, 0.1) is 0 Å². The van der Waals surface area contributed by atoms with Crippen LogP contribution in [0.3, 0.4) is 0 Å². The number of thioether (sulfide) groups is 1. The maximum Gasteiger partial charge on any atom is 0.231 e. The molecule has 102 valence electrons. The summed E-state index contributed by atoms with van der Waals surface area (Å²) in [6.07, 6.45) is 5.87. The zero-order chi connectivity index (χ0) is 13.0. The summed E-state index contributed by atoms with van der Waals surface area (Å²) in [5.74, 6) is 2.64. The van der Waals surface area contributed by atoms with Gasteiger partial charge >= 0.3 is 0 Å². The summed E-state index contributed by atoms with van der Waals surface area (Å²) < 4.78 is 5.41. The number of nitrogens with zero attached hydrogens (tertiary/aromatic N) is 2. The first-order valence-electron chi connectivity index (χ1n) is 6.86. The second-order valence-corrected chi connectivity index (χ2v) is 6.88. The van der Waals surface area contributed by atoms with Crippen molar-refractivity contribution in [1.29, 1.82) is 0 Å². The normalized spacial score (nSPS) is 25.3. The molecule has 1 heterocycles. The summed E-state index contributed by atoms with van der Waals surface area (Å²) in [4.78, 5) is 4.52. The van der Waals surface area contributed by atoms with Crippen molar-refractivity contribution in [3.05, 3.63) is 11.7 Å². The van der Waals surface area contributed by atoms with E-state index in [-0.39, 0.29) is 12.0 Å². The minimum absolute atomic E-state index is 0.179. The molecule has 2 N–H and O–H groups in total. The van der Waals surface area contributed by atoms with Crippen LogP contribution in [0.5, 0.6) is 0 Å². The van der Waals surface area contributed by atoms with Crippen molar-refractivity contribution < 1.29 is 4.52 Å². The van der Waals surface area contributed by atoms with Crippen LogP contribution in [0.1, 0.15) is 63.6 Å². The molecule has 4 nitrogen and oxygen atoms in total. The quantitative estimate of drug-likeness (QED) is 0.851. The Labute approximate surface area is 113 Å². The lowest BCUT2D eigenvalue weighted by molar-refractivity contribution is 0.324. The lowest BCUT2D eigenvalue weighted by Gasteiger charge is -2.16. The molecule has 2 unspecified atom stereocenters. The molecule has 1 aliphatic rings. The average molecular weight is 269 g/mol. The largest absolute Gasteiger partial charge is 0.339 e. The lowest BCUT2D eigenvalue weighted by Crippen LogP contribution is -2.27. The van der Waals surface area contributed by atoms with E-state index >= 15 is 0 Å². The third-order valence-corrected chi connectivity index (χ3v) is 4.51. The molecule has 1 fully saturated rings. The van der Waals surface area contributed by atoms with Crippen molar-refractivity contribution in [2.24, 2.45) is 5.73 Å². The molecule has 0 aliphatic heterocycles. The Morgan fingerprint density at radius 3 is 2.89 bits per heavy atom. The average Bonchev–Trinajstić information content (AvgIpc) is 2.69. The van der Waals surface area contributed by atoms with Gasteiger partial charge in [-0.15, -0.1) is 0 Å². The van der Waals surface area contributed by atoms with Gasteiger partial charge in [-0.1, -0.05) is 38.3 Å². The Morgan fingerprint density at radius 1 is 1.33 bits per heavy atom. The van der Waals surface area contributed by atoms with Crippen molar-refractivity contribution >= 4 is 11.8 Å². The molecule has 0 saturated heterocycles. The van der Waals surface area contributed by atoms with Gasteiger partial charge < -0.3 is 10.3 Å². The van der Waals surface area contributed by atoms with E-state index in [1.165, 1.54) is 19.3 Å². The number of rotatable bonds is 4. The number of nitrogens with two attached hydrogens (primary N) is 1. The maximum atomic E-state index is 6.21. The molecule has 1 aromatic heterocycles. The van der Waals surface area contributed by atoms with Crippen LogP contribution < -0.4 is 5.73 Å². The summed E-state index contributed by atoms with van der Waals surface area (Å²) >= 11 is 1.83. The first-order chi connectivity index (χ1) is 8.66. The summed E-state index contributed by atoms with van der Waals surface area (Å²) in [7, 11) is 0. The lowest BCUT2D eigenvalue weighted by atomic mass is 9.95. The zero-order valence-electron chi connectivity index (χ0n) is 11.3. The van der Waals surface area contributed by atoms with Crippen molar-refractivity contribution in [2.75, 3.05) is 0 Å². The fourth-order valence-electron chi connectivity index (χ4n) is 2.36. The molecule has 1 aromatic rings. The monoisotopic (exact) mass is 269 g/mol. The van der Waals surface area contributed by atoms with Gasteiger partial charge in [0.15, 0.2) is 5.82 Å². The van der Waals surface area contributed by atoms with E-state index in [1.807, 2.05) is 11.8 Å². The molecule has 0 radical (unpaired) electrons. The van der Waals surface area contributed by atoms with E-state index < -0.39 is 0 Å². The van der Waals surface area contributed by atoms with Gasteiger partial charge in [0.25, 0.3) is 0 Å². The summed E-state index contributed by atoms with van der Waals surface area (Å²) in [6.45, 7) is 4.35. The predicted octanol–water partition coefficient (Wildman–Crippen LogP) is 3.09. The molecule has 1 aliphatic carbocycles. The molecule has 0 spiro atoms. The third-order valence-electron chi connectivity index (χ3n) is 3.42. The van der Waals surface area contributed by atoms with E-state index in [4.69, 9.17) is 10.3 Å². The van der Waals surface area contributed by atoms with Crippen LogP contribution in [0.25, 0.3) is 0 Å². The van der Waals surface area contributed by atoms with E-state index in [2.05, 4.69) is 24.0 Å². The third kappa shape index (κ3) is 3.72. The van der Waals surface area contributed by atoms with E-state index in [0.29, 0.717) is 5.25 Å². The Hall–Kier alpha value is -0.550. The van der Waals surface area contributed by atoms with Gasteiger partial charge in [0, 0.05) is 6.04 Å². The molecule has 0 aromatic carbocycles. The molecule has 0 amide bonds. The van der Waals surface area contributed by atoms with Crippen LogP contribution >= 0.6 is 11.8 Å². The second-order valence-electron chi connectivity index (χ2n) is 5.32. The molecular formula is C13H23N3OS. The fourth-order valence-corrected chi connectivity index (χ4v) is 2.96. The summed E-state index contributed by atoms with van der Waals surface area (Å²) in [5, 5.41) is 4.66. The topological polar surface area (TPSA) is 64.9 Å². The van der Waals surface area contributed by atoms with Crippen molar-refractivity contribution in [2.45, 2.75) is 68.9 Å². The smallest absolute Gasteiger partial charge is 0.231 e. The van der Waals surface area contributed by atoms with Gasteiger partial charge in [-0.3, -0.25) is 0 Å². The zero-order valence-corrected chi connectivity index (χ0v) is 12.1. The highest BCUT2D eigenvalue weighted by molar-refractivity contribution is 7.99. The summed E-state index contributed by atoms with van der Waals surface area (Å²) in [5.41, 5.74) is 6.21. The van der Waals surface area contributed by atoms with E-state index in [9.17, 15) is 0 Å². The SMILES string of the molecule is CC(C)SCc1noc(C2CCCCCC2N)n1. The summed E-state index contributed by atoms with van der Waals surface area (Å²) in [6, 6.07) is 0.179. The van der Waals surface area contributed by atoms with Gasteiger partial charge in [-0.05, 0) is 18.1 Å². The first-order valence-corrected chi connectivity index (χ1v) is 7.91. The van der Waals surface area contributed by atoms with Gasteiger partial charge in [-0.25, -0.2) is 0 Å². The van der Waals surface area contributed by atoms with E-state index in [0.717, 1.165) is 30.3 Å².